The molecule has 0 spiro atoms. The third-order valence-corrected chi connectivity index (χ3v) is 2.09. The van der Waals surface area contributed by atoms with Crippen LogP contribution in [0.4, 0.5) is 11.4 Å². The molecule has 1 aromatic rings. The number of benzene rings is 1. The van der Waals surface area contributed by atoms with Gasteiger partial charge >= 0.3 is 0 Å². The van der Waals surface area contributed by atoms with Gasteiger partial charge in [0.1, 0.15) is 0 Å². The highest BCUT2D eigenvalue weighted by molar-refractivity contribution is 5.99. The first-order chi connectivity index (χ1) is 8.15. The third kappa shape index (κ3) is 4.29. The van der Waals surface area contributed by atoms with Gasteiger partial charge in [-0.25, -0.2) is 0 Å². The van der Waals surface area contributed by atoms with E-state index in [0.29, 0.717) is 30.1 Å². The van der Waals surface area contributed by atoms with Gasteiger partial charge in [0, 0.05) is 17.9 Å². The second-order valence-corrected chi connectivity index (χ2v) is 3.44. The summed E-state index contributed by atoms with van der Waals surface area (Å²) in [6.07, 6.45) is 0. The van der Waals surface area contributed by atoms with E-state index in [0.717, 1.165) is 0 Å². The zero-order valence-corrected chi connectivity index (χ0v) is 9.48. The molecule has 94 valence electrons. The number of aliphatic hydroxyl groups excluding tert-OH is 1. The monoisotopic (exact) mass is 239 g/mol. The maximum Gasteiger partial charge on any atom is 0.253 e. The zero-order valence-electron chi connectivity index (χ0n) is 9.48. The van der Waals surface area contributed by atoms with E-state index >= 15 is 0 Å². The molecular weight excluding hydrogens is 222 g/mol. The lowest BCUT2D eigenvalue weighted by Gasteiger charge is -2.08. The van der Waals surface area contributed by atoms with Gasteiger partial charge in [-0.3, -0.25) is 4.79 Å². The Hall–Kier alpha value is -1.79. The standard InChI is InChI=1S/C11H17N3O3/c12-8-1-2-9(10(13)7-8)11(16)14-3-5-17-6-4-15/h1-2,7,15H,3-6,12-13H2,(H,14,16). The summed E-state index contributed by atoms with van der Waals surface area (Å²) < 4.78 is 5.00. The van der Waals surface area contributed by atoms with Crippen LogP contribution in [0, 0.1) is 0 Å². The Labute approximate surface area is 99.6 Å². The Bertz CT molecular complexity index is 382. The molecule has 0 aliphatic heterocycles. The van der Waals surface area contributed by atoms with Crippen LogP contribution < -0.4 is 16.8 Å². The number of anilines is 2. The average Bonchev–Trinajstić information content (AvgIpc) is 2.28. The van der Waals surface area contributed by atoms with E-state index in [1.54, 1.807) is 12.1 Å². The maximum atomic E-state index is 11.7. The molecule has 1 amide bonds. The number of hydrogen-bond acceptors (Lipinski definition) is 5. The van der Waals surface area contributed by atoms with Crippen LogP contribution in [0.25, 0.3) is 0 Å². The fourth-order valence-corrected chi connectivity index (χ4v) is 1.29. The number of ether oxygens (including phenoxy) is 1. The highest BCUT2D eigenvalue weighted by atomic mass is 16.5. The molecule has 0 aliphatic rings. The first kappa shape index (κ1) is 13.3. The van der Waals surface area contributed by atoms with Crippen LogP contribution >= 0.6 is 0 Å². The molecule has 0 atom stereocenters. The second-order valence-electron chi connectivity index (χ2n) is 3.44. The summed E-state index contributed by atoms with van der Waals surface area (Å²) in [6.45, 7) is 0.947. The van der Waals surface area contributed by atoms with Crippen molar-refractivity contribution in [3.8, 4) is 0 Å². The van der Waals surface area contributed by atoms with Crippen LogP contribution in [0.15, 0.2) is 18.2 Å². The van der Waals surface area contributed by atoms with Gasteiger partial charge in [0.2, 0.25) is 0 Å². The summed E-state index contributed by atoms with van der Waals surface area (Å²) in [5.41, 5.74) is 12.5. The van der Waals surface area contributed by atoms with E-state index in [9.17, 15) is 4.79 Å². The fourth-order valence-electron chi connectivity index (χ4n) is 1.29. The summed E-state index contributed by atoms with van der Waals surface area (Å²) in [4.78, 5) is 11.7. The Morgan fingerprint density at radius 2 is 2.12 bits per heavy atom. The molecule has 6 N–H and O–H groups in total. The van der Waals surface area contributed by atoms with Crippen molar-refractivity contribution in [3.05, 3.63) is 23.8 Å². The topological polar surface area (TPSA) is 111 Å². The average molecular weight is 239 g/mol. The molecule has 1 rings (SSSR count). The first-order valence-electron chi connectivity index (χ1n) is 5.27. The Morgan fingerprint density at radius 1 is 1.35 bits per heavy atom. The predicted molar refractivity (Wildman–Crippen MR) is 65.5 cm³/mol. The number of amides is 1. The first-order valence-corrected chi connectivity index (χ1v) is 5.27. The summed E-state index contributed by atoms with van der Waals surface area (Å²) in [7, 11) is 0. The van der Waals surface area contributed by atoms with E-state index in [-0.39, 0.29) is 19.1 Å². The molecule has 0 heterocycles. The highest BCUT2D eigenvalue weighted by Gasteiger charge is 2.08. The van der Waals surface area contributed by atoms with Gasteiger partial charge in [0.15, 0.2) is 0 Å². The largest absolute Gasteiger partial charge is 0.399 e. The van der Waals surface area contributed by atoms with Crippen molar-refractivity contribution >= 4 is 17.3 Å². The van der Waals surface area contributed by atoms with Crippen molar-refractivity contribution in [2.24, 2.45) is 0 Å². The Kier molecular flexibility index (Phi) is 5.25. The second kappa shape index (κ2) is 6.72. The van der Waals surface area contributed by atoms with E-state index in [1.165, 1.54) is 6.07 Å². The number of rotatable bonds is 6. The molecule has 6 nitrogen and oxygen atoms in total. The minimum absolute atomic E-state index is 0.0289. The predicted octanol–water partition coefficient (Wildman–Crippen LogP) is -0.410. The van der Waals surface area contributed by atoms with Gasteiger partial charge in [-0.05, 0) is 18.2 Å². The molecule has 0 aliphatic carbocycles. The van der Waals surface area contributed by atoms with Crippen LogP contribution in [-0.2, 0) is 4.74 Å². The van der Waals surface area contributed by atoms with Crippen molar-refractivity contribution < 1.29 is 14.6 Å². The molecule has 6 heteroatoms. The Balaban J connectivity index is 2.42. The number of hydrogen-bond donors (Lipinski definition) is 4. The van der Waals surface area contributed by atoms with Gasteiger partial charge < -0.3 is 26.6 Å². The maximum absolute atomic E-state index is 11.7. The molecule has 0 bridgehead atoms. The van der Waals surface area contributed by atoms with Crippen LogP contribution in [-0.4, -0.2) is 37.4 Å². The number of aliphatic hydroxyl groups is 1. The van der Waals surface area contributed by atoms with Crippen molar-refractivity contribution in [3.63, 3.8) is 0 Å². The van der Waals surface area contributed by atoms with Gasteiger partial charge in [0.25, 0.3) is 5.91 Å². The number of nitrogen functional groups attached to an aromatic ring is 2. The quantitative estimate of drug-likeness (QED) is 0.398. The van der Waals surface area contributed by atoms with Crippen LogP contribution in [0.1, 0.15) is 10.4 Å². The van der Waals surface area contributed by atoms with Crippen molar-refractivity contribution in [2.75, 3.05) is 37.8 Å². The number of nitrogens with two attached hydrogens (primary N) is 2. The molecule has 0 radical (unpaired) electrons. The summed E-state index contributed by atoms with van der Waals surface area (Å²) in [5, 5.41) is 11.1. The van der Waals surface area contributed by atoms with Crippen molar-refractivity contribution in [1.82, 2.24) is 5.32 Å². The lowest BCUT2D eigenvalue weighted by molar-refractivity contribution is 0.0838. The smallest absolute Gasteiger partial charge is 0.253 e. The van der Waals surface area contributed by atoms with Gasteiger partial charge in [0.05, 0.1) is 25.4 Å². The highest BCUT2D eigenvalue weighted by Crippen LogP contribution is 2.15. The van der Waals surface area contributed by atoms with Crippen molar-refractivity contribution in [1.29, 1.82) is 0 Å². The van der Waals surface area contributed by atoms with Crippen molar-refractivity contribution in [2.45, 2.75) is 0 Å². The van der Waals surface area contributed by atoms with E-state index < -0.39 is 0 Å². The molecule has 17 heavy (non-hydrogen) atoms. The van der Waals surface area contributed by atoms with Gasteiger partial charge in [-0.1, -0.05) is 0 Å². The van der Waals surface area contributed by atoms with Crippen LogP contribution in [0.2, 0.25) is 0 Å². The summed E-state index contributed by atoms with van der Waals surface area (Å²) in [5.74, 6) is -0.268. The number of carbonyl (C=O) groups excluding carboxylic acids is 1. The summed E-state index contributed by atoms with van der Waals surface area (Å²) in [6, 6.07) is 4.74. The van der Waals surface area contributed by atoms with Crippen LogP contribution in [0.3, 0.4) is 0 Å². The number of nitrogens with one attached hydrogen (secondary N) is 1. The fraction of sp³-hybridized carbons (Fsp3) is 0.364. The molecular formula is C11H17N3O3. The molecule has 0 saturated carbocycles. The lowest BCUT2D eigenvalue weighted by Crippen LogP contribution is -2.28. The molecule has 0 fully saturated rings. The minimum atomic E-state index is -0.268. The molecule has 0 saturated heterocycles. The molecule has 1 aromatic carbocycles. The molecule has 0 unspecified atom stereocenters. The summed E-state index contributed by atoms with van der Waals surface area (Å²) >= 11 is 0. The van der Waals surface area contributed by atoms with E-state index in [1.807, 2.05) is 0 Å². The van der Waals surface area contributed by atoms with E-state index in [4.69, 9.17) is 21.3 Å². The van der Waals surface area contributed by atoms with Gasteiger partial charge in [-0.15, -0.1) is 0 Å². The Morgan fingerprint density at radius 3 is 2.76 bits per heavy atom. The van der Waals surface area contributed by atoms with Gasteiger partial charge in [-0.2, -0.15) is 0 Å². The minimum Gasteiger partial charge on any atom is -0.399 e. The third-order valence-electron chi connectivity index (χ3n) is 2.09. The number of carbonyl (C=O) groups is 1. The van der Waals surface area contributed by atoms with Crippen LogP contribution in [0.5, 0.6) is 0 Å². The SMILES string of the molecule is Nc1ccc(C(=O)NCCOCCO)c(N)c1. The molecule has 0 aromatic heterocycles. The lowest BCUT2D eigenvalue weighted by atomic mass is 10.1. The zero-order chi connectivity index (χ0) is 12.7. The normalized spacial score (nSPS) is 10.2. The van der Waals surface area contributed by atoms with E-state index in [2.05, 4.69) is 5.32 Å².